The van der Waals surface area contributed by atoms with Crippen LogP contribution in [0, 0.1) is 5.92 Å². The minimum Gasteiger partial charge on any atom is -0.497 e. The van der Waals surface area contributed by atoms with Crippen molar-refractivity contribution in [3.8, 4) is 5.75 Å². The largest absolute Gasteiger partial charge is 0.497 e. The Morgan fingerprint density at radius 2 is 1.90 bits per heavy atom. The number of nitrogens with one attached hydrogen (secondary N) is 2. The summed E-state index contributed by atoms with van der Waals surface area (Å²) < 4.78 is 7.04. The van der Waals surface area contributed by atoms with Crippen LogP contribution in [-0.2, 0) is 12.1 Å². The summed E-state index contributed by atoms with van der Waals surface area (Å²) in [7, 11) is 1.69. The fourth-order valence-electron chi connectivity index (χ4n) is 4.07. The molecular formula is C23H32N6O2. The standard InChI is InChI=1S/C23H32N6O2/c1-23(2,3)29-20-19(14-25-29)21(30)27-22(26-20)24-13-16-9-11-28(12-10-16)15-17-5-7-18(31-4)8-6-17/h5-8,14,16H,9-13,15H2,1-4H3,(H2,24,26,27,30). The highest BCUT2D eigenvalue weighted by molar-refractivity contribution is 5.74. The van der Waals surface area contributed by atoms with E-state index in [2.05, 4.69) is 58.2 Å². The number of methoxy groups -OCH3 is 1. The van der Waals surface area contributed by atoms with Crippen molar-refractivity contribution >= 4 is 17.0 Å². The summed E-state index contributed by atoms with van der Waals surface area (Å²) in [5, 5.41) is 8.24. The quantitative estimate of drug-likeness (QED) is 0.632. The van der Waals surface area contributed by atoms with Crippen LogP contribution >= 0.6 is 0 Å². The molecule has 8 nitrogen and oxygen atoms in total. The van der Waals surface area contributed by atoms with Gasteiger partial charge in [-0.25, -0.2) is 4.68 Å². The van der Waals surface area contributed by atoms with Gasteiger partial charge in [0.15, 0.2) is 5.65 Å². The van der Waals surface area contributed by atoms with E-state index in [-0.39, 0.29) is 11.1 Å². The van der Waals surface area contributed by atoms with Gasteiger partial charge in [0.25, 0.3) is 5.56 Å². The van der Waals surface area contributed by atoms with Gasteiger partial charge in [0.05, 0.1) is 18.8 Å². The second-order valence-electron chi connectivity index (χ2n) is 9.33. The summed E-state index contributed by atoms with van der Waals surface area (Å²) >= 11 is 0. The van der Waals surface area contributed by atoms with Gasteiger partial charge in [0.1, 0.15) is 11.1 Å². The molecule has 4 rings (SSSR count). The lowest BCUT2D eigenvalue weighted by atomic mass is 9.96. The first-order valence-electron chi connectivity index (χ1n) is 10.9. The molecule has 3 aromatic rings. The summed E-state index contributed by atoms with van der Waals surface area (Å²) in [5.74, 6) is 1.97. The van der Waals surface area contributed by atoms with Crippen molar-refractivity contribution in [1.82, 2.24) is 24.6 Å². The van der Waals surface area contributed by atoms with Crippen LogP contribution in [0.4, 0.5) is 5.95 Å². The Balaban J connectivity index is 1.33. The lowest BCUT2D eigenvalue weighted by molar-refractivity contribution is 0.182. The van der Waals surface area contributed by atoms with E-state index in [1.807, 2.05) is 12.1 Å². The Hall–Kier alpha value is -2.87. The van der Waals surface area contributed by atoms with E-state index in [0.717, 1.165) is 44.8 Å². The monoisotopic (exact) mass is 424 g/mol. The number of H-pyrrole nitrogens is 1. The molecule has 0 aliphatic carbocycles. The fraction of sp³-hybridized carbons (Fsp3) is 0.522. The minimum absolute atomic E-state index is 0.155. The van der Waals surface area contributed by atoms with Gasteiger partial charge in [-0.05, 0) is 70.3 Å². The van der Waals surface area contributed by atoms with Gasteiger partial charge >= 0.3 is 0 Å². The average Bonchev–Trinajstić information content (AvgIpc) is 3.19. The number of hydrogen-bond donors (Lipinski definition) is 2. The van der Waals surface area contributed by atoms with Crippen molar-refractivity contribution < 1.29 is 4.74 Å². The zero-order valence-corrected chi connectivity index (χ0v) is 18.8. The fourth-order valence-corrected chi connectivity index (χ4v) is 4.07. The number of hydrogen-bond acceptors (Lipinski definition) is 6. The molecule has 2 aromatic heterocycles. The molecule has 0 saturated carbocycles. The smallest absolute Gasteiger partial charge is 0.263 e. The Morgan fingerprint density at radius 1 is 1.19 bits per heavy atom. The molecule has 8 heteroatoms. The van der Waals surface area contributed by atoms with E-state index in [0.29, 0.717) is 22.9 Å². The molecule has 0 radical (unpaired) electrons. The number of benzene rings is 1. The van der Waals surface area contributed by atoms with Gasteiger partial charge in [-0.2, -0.15) is 10.1 Å². The van der Waals surface area contributed by atoms with E-state index < -0.39 is 0 Å². The number of aromatic amines is 1. The van der Waals surface area contributed by atoms with Gasteiger partial charge in [0, 0.05) is 13.1 Å². The first-order valence-corrected chi connectivity index (χ1v) is 10.9. The summed E-state index contributed by atoms with van der Waals surface area (Å²) in [6.45, 7) is 10.1. The van der Waals surface area contributed by atoms with Crippen molar-refractivity contribution in [3.63, 3.8) is 0 Å². The van der Waals surface area contributed by atoms with Gasteiger partial charge in [-0.15, -0.1) is 0 Å². The van der Waals surface area contributed by atoms with Gasteiger partial charge in [-0.1, -0.05) is 12.1 Å². The highest BCUT2D eigenvalue weighted by atomic mass is 16.5. The Morgan fingerprint density at radius 3 is 2.55 bits per heavy atom. The topological polar surface area (TPSA) is 88.1 Å². The van der Waals surface area contributed by atoms with Crippen LogP contribution in [0.15, 0.2) is 35.3 Å². The van der Waals surface area contributed by atoms with Crippen molar-refractivity contribution in [2.45, 2.75) is 45.7 Å². The van der Waals surface area contributed by atoms with E-state index in [1.54, 1.807) is 18.0 Å². The number of likely N-dealkylation sites (tertiary alicyclic amines) is 1. The second-order valence-corrected chi connectivity index (χ2v) is 9.33. The zero-order valence-electron chi connectivity index (χ0n) is 18.8. The summed E-state index contributed by atoms with van der Waals surface area (Å²) in [6, 6.07) is 8.30. The van der Waals surface area contributed by atoms with Crippen LogP contribution in [-0.4, -0.2) is 51.4 Å². The summed E-state index contributed by atoms with van der Waals surface area (Å²) in [5.41, 5.74) is 1.53. The maximum atomic E-state index is 12.4. The van der Waals surface area contributed by atoms with Crippen LogP contribution in [0.5, 0.6) is 5.75 Å². The SMILES string of the molecule is COc1ccc(CN2CCC(CNc3nc4c(cnn4C(C)(C)C)c(=O)[nH]3)CC2)cc1. The highest BCUT2D eigenvalue weighted by Crippen LogP contribution is 2.22. The molecule has 0 atom stereocenters. The number of fused-ring (bicyclic) bond motifs is 1. The van der Waals surface area contributed by atoms with E-state index in [1.165, 1.54) is 5.56 Å². The van der Waals surface area contributed by atoms with Crippen LogP contribution < -0.4 is 15.6 Å². The molecule has 0 unspecified atom stereocenters. The normalized spacial score (nSPS) is 16.0. The van der Waals surface area contributed by atoms with Crippen LogP contribution in [0.25, 0.3) is 11.0 Å². The first kappa shape index (κ1) is 21.4. The molecule has 1 saturated heterocycles. The molecule has 0 spiro atoms. The minimum atomic E-state index is -0.240. The Bertz CT molecular complexity index is 1070. The number of ether oxygens (including phenoxy) is 1. The lowest BCUT2D eigenvalue weighted by Gasteiger charge is -2.32. The van der Waals surface area contributed by atoms with Crippen molar-refractivity contribution in [1.29, 1.82) is 0 Å². The Labute approximate surface area is 182 Å². The lowest BCUT2D eigenvalue weighted by Crippen LogP contribution is -2.35. The van der Waals surface area contributed by atoms with E-state index in [9.17, 15) is 4.79 Å². The van der Waals surface area contributed by atoms with Crippen LogP contribution in [0.1, 0.15) is 39.2 Å². The third-order valence-electron chi connectivity index (χ3n) is 5.90. The molecule has 0 amide bonds. The van der Waals surface area contributed by atoms with Gasteiger partial charge in [-0.3, -0.25) is 14.7 Å². The third kappa shape index (κ3) is 4.90. The number of nitrogens with zero attached hydrogens (tertiary/aromatic N) is 4. The molecule has 1 aromatic carbocycles. The summed E-state index contributed by atoms with van der Waals surface area (Å²) in [6.07, 6.45) is 3.83. The number of rotatable bonds is 6. The van der Waals surface area contributed by atoms with Crippen LogP contribution in [0.3, 0.4) is 0 Å². The maximum Gasteiger partial charge on any atom is 0.263 e. The molecule has 166 valence electrons. The van der Waals surface area contributed by atoms with E-state index in [4.69, 9.17) is 4.74 Å². The van der Waals surface area contributed by atoms with Crippen molar-refractivity contribution in [3.05, 3.63) is 46.4 Å². The van der Waals surface area contributed by atoms with E-state index >= 15 is 0 Å². The molecule has 0 bridgehead atoms. The predicted octanol–water partition coefficient (Wildman–Crippen LogP) is 3.21. The molecule has 1 aliphatic heterocycles. The number of aromatic nitrogens is 4. The van der Waals surface area contributed by atoms with Crippen molar-refractivity contribution in [2.75, 3.05) is 32.1 Å². The van der Waals surface area contributed by atoms with Gasteiger partial charge in [0.2, 0.25) is 5.95 Å². The number of piperidine rings is 1. The summed E-state index contributed by atoms with van der Waals surface area (Å²) in [4.78, 5) is 22.4. The molecule has 3 heterocycles. The third-order valence-corrected chi connectivity index (χ3v) is 5.90. The highest BCUT2D eigenvalue weighted by Gasteiger charge is 2.21. The molecular weight excluding hydrogens is 392 g/mol. The van der Waals surface area contributed by atoms with Gasteiger partial charge < -0.3 is 10.1 Å². The van der Waals surface area contributed by atoms with Crippen LogP contribution in [0.2, 0.25) is 0 Å². The second kappa shape index (κ2) is 8.70. The maximum absolute atomic E-state index is 12.4. The average molecular weight is 425 g/mol. The molecule has 1 aliphatic rings. The molecule has 1 fully saturated rings. The Kier molecular flexibility index (Phi) is 6.00. The first-order chi connectivity index (χ1) is 14.8. The zero-order chi connectivity index (χ0) is 22.0. The molecule has 2 N–H and O–H groups in total. The molecule has 31 heavy (non-hydrogen) atoms. The predicted molar refractivity (Wildman–Crippen MR) is 123 cm³/mol. The number of anilines is 1. The van der Waals surface area contributed by atoms with Crippen molar-refractivity contribution in [2.24, 2.45) is 5.92 Å².